The molecule has 3 aromatic carbocycles. The number of hydrogen-bond donors (Lipinski definition) is 0. The summed E-state index contributed by atoms with van der Waals surface area (Å²) >= 11 is 0. The molecule has 5 rings (SSSR count). The average molecular weight is 436 g/mol. The molecule has 2 aliphatic heterocycles. The SMILES string of the molecule is CCCCCCN1B2c3c(cccc3-c3ccccc3N2CCCCCC)-c2ccccc21. The van der Waals surface area contributed by atoms with Crippen LogP contribution in [0.15, 0.2) is 66.7 Å². The molecule has 0 amide bonds. The van der Waals surface area contributed by atoms with Crippen LogP contribution in [-0.4, -0.2) is 20.1 Å². The van der Waals surface area contributed by atoms with Crippen LogP contribution in [0, 0.1) is 0 Å². The first-order chi connectivity index (χ1) is 16.3. The van der Waals surface area contributed by atoms with Crippen molar-refractivity contribution in [3.63, 3.8) is 0 Å². The van der Waals surface area contributed by atoms with Crippen LogP contribution in [0.5, 0.6) is 0 Å². The number of nitrogens with zero attached hydrogens (tertiary/aromatic N) is 2. The molecule has 3 aromatic rings. The fourth-order valence-electron chi connectivity index (χ4n) is 5.86. The van der Waals surface area contributed by atoms with E-state index in [9.17, 15) is 0 Å². The molecule has 170 valence electrons. The van der Waals surface area contributed by atoms with Crippen molar-refractivity contribution in [1.29, 1.82) is 0 Å². The monoisotopic (exact) mass is 436 g/mol. The molecule has 0 aromatic heterocycles. The van der Waals surface area contributed by atoms with Gasteiger partial charge in [0.2, 0.25) is 0 Å². The molecule has 2 heterocycles. The van der Waals surface area contributed by atoms with Gasteiger partial charge in [-0.2, -0.15) is 0 Å². The quantitative estimate of drug-likeness (QED) is 0.240. The number of para-hydroxylation sites is 2. The fraction of sp³-hybridized carbons (Fsp3) is 0.400. The van der Waals surface area contributed by atoms with E-state index < -0.39 is 0 Å². The molecule has 0 aliphatic carbocycles. The second kappa shape index (κ2) is 10.1. The van der Waals surface area contributed by atoms with E-state index in [-0.39, 0.29) is 6.98 Å². The smallest absolute Gasteiger partial charge is 0.391 e. The van der Waals surface area contributed by atoms with Crippen LogP contribution in [0.1, 0.15) is 65.2 Å². The van der Waals surface area contributed by atoms with Gasteiger partial charge < -0.3 is 9.62 Å². The summed E-state index contributed by atoms with van der Waals surface area (Å²) < 4.78 is 0. The van der Waals surface area contributed by atoms with Crippen molar-refractivity contribution in [2.24, 2.45) is 0 Å². The van der Waals surface area contributed by atoms with Crippen LogP contribution in [0.25, 0.3) is 22.3 Å². The predicted octanol–water partition coefficient (Wildman–Crippen LogP) is 7.52. The second-order valence-corrected chi connectivity index (χ2v) is 9.68. The van der Waals surface area contributed by atoms with Crippen LogP contribution in [-0.2, 0) is 0 Å². The summed E-state index contributed by atoms with van der Waals surface area (Å²) in [5.74, 6) is 0. The van der Waals surface area contributed by atoms with Gasteiger partial charge in [0, 0.05) is 35.6 Å². The van der Waals surface area contributed by atoms with Crippen LogP contribution in [0.2, 0.25) is 0 Å². The lowest BCUT2D eigenvalue weighted by molar-refractivity contribution is 0.664. The van der Waals surface area contributed by atoms with Gasteiger partial charge in [0.05, 0.1) is 0 Å². The Morgan fingerprint density at radius 2 is 0.970 bits per heavy atom. The van der Waals surface area contributed by atoms with Crippen molar-refractivity contribution in [1.82, 2.24) is 0 Å². The largest absolute Gasteiger partial charge is 0.412 e. The molecule has 0 N–H and O–H groups in total. The first kappa shape index (κ1) is 22.1. The van der Waals surface area contributed by atoms with Gasteiger partial charge >= 0.3 is 6.98 Å². The Bertz CT molecular complexity index is 1010. The molecule has 0 spiro atoms. The highest BCUT2D eigenvalue weighted by atomic mass is 15.2. The lowest BCUT2D eigenvalue weighted by atomic mass is 9.53. The third kappa shape index (κ3) is 4.07. The third-order valence-corrected chi connectivity index (χ3v) is 7.47. The van der Waals surface area contributed by atoms with Gasteiger partial charge in [0.15, 0.2) is 0 Å². The number of benzene rings is 3. The van der Waals surface area contributed by atoms with Crippen molar-refractivity contribution in [3.8, 4) is 22.3 Å². The summed E-state index contributed by atoms with van der Waals surface area (Å²) in [4.78, 5) is 5.46. The zero-order chi connectivity index (χ0) is 22.6. The third-order valence-electron chi connectivity index (χ3n) is 7.47. The van der Waals surface area contributed by atoms with Crippen molar-refractivity contribution >= 4 is 23.8 Å². The lowest BCUT2D eigenvalue weighted by Crippen LogP contribution is -2.65. The fourth-order valence-corrected chi connectivity index (χ4v) is 5.86. The first-order valence-corrected chi connectivity index (χ1v) is 13.2. The normalized spacial score (nSPS) is 13.6. The molecule has 2 aliphatic rings. The molecule has 33 heavy (non-hydrogen) atoms. The average Bonchev–Trinajstić information content (AvgIpc) is 2.87. The zero-order valence-electron chi connectivity index (χ0n) is 20.4. The number of rotatable bonds is 10. The first-order valence-electron chi connectivity index (χ1n) is 13.2. The topological polar surface area (TPSA) is 6.48 Å². The van der Waals surface area contributed by atoms with E-state index in [1.165, 1.54) is 90.5 Å². The number of unbranched alkanes of at least 4 members (excludes halogenated alkanes) is 6. The summed E-state index contributed by atoms with van der Waals surface area (Å²) in [5.41, 5.74) is 9.96. The van der Waals surface area contributed by atoms with Crippen molar-refractivity contribution in [2.45, 2.75) is 65.2 Å². The molecular formula is C30H37BN2. The second-order valence-electron chi connectivity index (χ2n) is 9.68. The maximum Gasteiger partial charge on any atom is 0.412 e. The van der Waals surface area contributed by atoms with Gasteiger partial charge in [-0.25, -0.2) is 0 Å². The minimum Gasteiger partial charge on any atom is -0.391 e. The van der Waals surface area contributed by atoms with Gasteiger partial charge in [-0.05, 0) is 41.6 Å². The van der Waals surface area contributed by atoms with E-state index in [1.807, 2.05) is 0 Å². The summed E-state index contributed by atoms with van der Waals surface area (Å²) in [6.07, 6.45) is 10.3. The van der Waals surface area contributed by atoms with Crippen LogP contribution in [0.3, 0.4) is 0 Å². The highest BCUT2D eigenvalue weighted by Crippen LogP contribution is 2.44. The highest BCUT2D eigenvalue weighted by molar-refractivity contribution is 6.84. The van der Waals surface area contributed by atoms with E-state index in [2.05, 4.69) is 90.2 Å². The summed E-state index contributed by atoms with van der Waals surface area (Å²) in [5, 5.41) is 0. The van der Waals surface area contributed by atoms with Gasteiger partial charge in [-0.3, -0.25) is 0 Å². The molecule has 0 atom stereocenters. The maximum absolute atomic E-state index is 2.73. The molecular weight excluding hydrogens is 399 g/mol. The molecule has 2 nitrogen and oxygen atoms in total. The summed E-state index contributed by atoms with van der Waals surface area (Å²) in [6, 6.07) is 25.1. The van der Waals surface area contributed by atoms with E-state index in [0.717, 1.165) is 13.1 Å². The Morgan fingerprint density at radius 3 is 1.45 bits per heavy atom. The number of anilines is 2. The summed E-state index contributed by atoms with van der Waals surface area (Å²) in [6.45, 7) is 7.11. The Labute approximate surface area is 200 Å². The Balaban J connectivity index is 1.63. The molecule has 0 radical (unpaired) electrons. The molecule has 0 bridgehead atoms. The van der Waals surface area contributed by atoms with Crippen molar-refractivity contribution in [3.05, 3.63) is 66.7 Å². The summed E-state index contributed by atoms with van der Waals surface area (Å²) in [7, 11) is 0. The molecule has 0 fully saturated rings. The lowest BCUT2D eigenvalue weighted by Gasteiger charge is -2.48. The number of hydrogen-bond acceptors (Lipinski definition) is 2. The standard InChI is InChI=1S/C30H37BN2/c1-3-5-7-13-22-32-28-20-11-9-16-24(28)26-18-15-19-27-25-17-10-12-21-29(25)33(31(32)30(26)27)23-14-8-6-4-2/h9-12,15-21H,3-8,13-14,22-23H2,1-2H3. The zero-order valence-corrected chi connectivity index (χ0v) is 20.4. The van der Waals surface area contributed by atoms with E-state index in [4.69, 9.17) is 0 Å². The Hall–Kier alpha value is -2.68. The van der Waals surface area contributed by atoms with Crippen molar-refractivity contribution in [2.75, 3.05) is 22.7 Å². The Kier molecular flexibility index (Phi) is 6.76. The number of fused-ring (bicyclic) bond motifs is 4. The van der Waals surface area contributed by atoms with Gasteiger partial charge in [0.25, 0.3) is 0 Å². The van der Waals surface area contributed by atoms with E-state index >= 15 is 0 Å². The van der Waals surface area contributed by atoms with Crippen LogP contribution >= 0.6 is 0 Å². The van der Waals surface area contributed by atoms with Crippen molar-refractivity contribution < 1.29 is 0 Å². The molecule has 3 heteroatoms. The van der Waals surface area contributed by atoms with Gasteiger partial charge in [-0.1, -0.05) is 107 Å². The maximum atomic E-state index is 2.73. The van der Waals surface area contributed by atoms with Gasteiger partial charge in [-0.15, -0.1) is 0 Å². The van der Waals surface area contributed by atoms with Crippen LogP contribution in [0.4, 0.5) is 11.4 Å². The van der Waals surface area contributed by atoms with Gasteiger partial charge in [0.1, 0.15) is 0 Å². The molecule has 0 saturated carbocycles. The molecule has 0 unspecified atom stereocenters. The van der Waals surface area contributed by atoms with E-state index in [0.29, 0.717) is 0 Å². The Morgan fingerprint density at radius 1 is 0.515 bits per heavy atom. The minimum absolute atomic E-state index is 0.282. The molecule has 0 saturated heterocycles. The minimum atomic E-state index is 0.282. The van der Waals surface area contributed by atoms with E-state index in [1.54, 1.807) is 0 Å². The van der Waals surface area contributed by atoms with Crippen LogP contribution < -0.4 is 15.1 Å². The predicted molar refractivity (Wildman–Crippen MR) is 146 cm³/mol. The highest BCUT2D eigenvalue weighted by Gasteiger charge is 2.44.